The maximum atomic E-state index is 12.0. The number of thioether (sulfide) groups is 1. The van der Waals surface area contributed by atoms with Crippen LogP contribution in [0, 0.1) is 5.92 Å². The summed E-state index contributed by atoms with van der Waals surface area (Å²) in [5.41, 5.74) is 0. The van der Waals surface area contributed by atoms with Gasteiger partial charge >= 0.3 is 6.03 Å². The molecule has 2 heterocycles. The molecular formula is C13H20N2O2S. The van der Waals surface area contributed by atoms with Crippen molar-refractivity contribution in [3.8, 4) is 0 Å². The molecule has 0 bridgehead atoms. The van der Waals surface area contributed by atoms with Crippen LogP contribution in [0.4, 0.5) is 4.79 Å². The van der Waals surface area contributed by atoms with Gasteiger partial charge in [0.2, 0.25) is 0 Å². The van der Waals surface area contributed by atoms with Crippen molar-refractivity contribution in [2.45, 2.75) is 25.6 Å². The van der Waals surface area contributed by atoms with Gasteiger partial charge in [0.15, 0.2) is 0 Å². The number of carbonyl (C=O) groups excluding carboxylic acids is 1. The van der Waals surface area contributed by atoms with Crippen LogP contribution >= 0.6 is 11.8 Å². The van der Waals surface area contributed by atoms with Gasteiger partial charge in [-0.3, -0.25) is 0 Å². The quantitative estimate of drug-likeness (QED) is 0.916. The summed E-state index contributed by atoms with van der Waals surface area (Å²) >= 11 is 1.97. The Hall–Kier alpha value is -1.10. The predicted octanol–water partition coefficient (Wildman–Crippen LogP) is 2.56. The Morgan fingerprint density at radius 1 is 1.67 bits per heavy atom. The molecule has 2 amide bonds. The number of furan rings is 1. The zero-order valence-corrected chi connectivity index (χ0v) is 11.7. The molecule has 0 radical (unpaired) electrons. The summed E-state index contributed by atoms with van der Waals surface area (Å²) in [5, 5.41) is 3.45. The number of nitrogens with zero attached hydrogens (tertiary/aromatic N) is 1. The van der Waals surface area contributed by atoms with Crippen LogP contribution in [0.15, 0.2) is 22.8 Å². The number of hydrogen-bond acceptors (Lipinski definition) is 3. The second-order valence-electron chi connectivity index (χ2n) is 4.84. The van der Waals surface area contributed by atoms with Gasteiger partial charge in [0.25, 0.3) is 0 Å². The molecule has 1 fully saturated rings. The molecule has 1 aliphatic heterocycles. The lowest BCUT2D eigenvalue weighted by atomic mass is 10.1. The molecular weight excluding hydrogens is 248 g/mol. The van der Waals surface area contributed by atoms with E-state index in [2.05, 4.69) is 19.2 Å². The fraction of sp³-hybridized carbons (Fsp3) is 0.615. The highest BCUT2D eigenvalue weighted by molar-refractivity contribution is 8.00. The van der Waals surface area contributed by atoms with Crippen molar-refractivity contribution >= 4 is 17.8 Å². The minimum Gasteiger partial charge on any atom is -0.467 e. The highest BCUT2D eigenvalue weighted by atomic mass is 32.2. The lowest BCUT2D eigenvalue weighted by molar-refractivity contribution is 0.196. The Balaban J connectivity index is 1.81. The van der Waals surface area contributed by atoms with Gasteiger partial charge in [0.1, 0.15) is 5.76 Å². The normalized spacial score (nSPS) is 20.2. The zero-order valence-electron chi connectivity index (χ0n) is 10.9. The molecule has 0 aromatic carbocycles. The Morgan fingerprint density at radius 2 is 2.50 bits per heavy atom. The standard InChI is InChI=1S/C13H20N2O2S/c1-10(2)12-9-15(5-7-18-12)13(16)14-8-11-4-3-6-17-11/h3-4,6,10,12H,5,7-9H2,1-2H3,(H,14,16)/t12-/m1/s1. The van der Waals surface area contributed by atoms with E-state index in [1.165, 1.54) is 0 Å². The first-order valence-corrected chi connectivity index (χ1v) is 7.38. The third-order valence-electron chi connectivity index (χ3n) is 3.12. The van der Waals surface area contributed by atoms with E-state index < -0.39 is 0 Å². The molecule has 1 atom stereocenters. The van der Waals surface area contributed by atoms with Crippen molar-refractivity contribution in [1.82, 2.24) is 10.2 Å². The number of amides is 2. The zero-order chi connectivity index (χ0) is 13.0. The van der Waals surface area contributed by atoms with E-state index in [4.69, 9.17) is 4.42 Å². The van der Waals surface area contributed by atoms with E-state index in [-0.39, 0.29) is 6.03 Å². The number of hydrogen-bond donors (Lipinski definition) is 1. The van der Waals surface area contributed by atoms with Crippen LogP contribution in [-0.2, 0) is 6.54 Å². The second kappa shape index (κ2) is 6.18. The van der Waals surface area contributed by atoms with Gasteiger partial charge < -0.3 is 14.6 Å². The molecule has 18 heavy (non-hydrogen) atoms. The molecule has 1 aromatic heterocycles. The summed E-state index contributed by atoms with van der Waals surface area (Å²) < 4.78 is 5.19. The summed E-state index contributed by atoms with van der Waals surface area (Å²) in [4.78, 5) is 13.9. The van der Waals surface area contributed by atoms with Gasteiger partial charge in [-0.1, -0.05) is 13.8 Å². The summed E-state index contributed by atoms with van der Waals surface area (Å²) in [6.45, 7) is 6.55. The topological polar surface area (TPSA) is 45.5 Å². The van der Waals surface area contributed by atoms with Crippen molar-refractivity contribution in [3.05, 3.63) is 24.2 Å². The SMILES string of the molecule is CC(C)[C@H]1CN(C(=O)NCc2ccco2)CCS1. The van der Waals surface area contributed by atoms with Crippen LogP contribution in [0.5, 0.6) is 0 Å². The first kappa shape index (κ1) is 13.3. The first-order chi connectivity index (χ1) is 8.66. The molecule has 1 saturated heterocycles. The molecule has 5 heteroatoms. The number of nitrogens with one attached hydrogen (secondary N) is 1. The van der Waals surface area contributed by atoms with Gasteiger partial charge in [-0.2, -0.15) is 11.8 Å². The molecule has 4 nitrogen and oxygen atoms in total. The third-order valence-corrected chi connectivity index (χ3v) is 4.66. The number of rotatable bonds is 3. The van der Waals surface area contributed by atoms with Crippen LogP contribution in [0.1, 0.15) is 19.6 Å². The Labute approximate surface area is 112 Å². The first-order valence-electron chi connectivity index (χ1n) is 6.33. The van der Waals surface area contributed by atoms with E-state index in [9.17, 15) is 4.79 Å². The van der Waals surface area contributed by atoms with E-state index in [0.717, 1.165) is 24.6 Å². The van der Waals surface area contributed by atoms with Crippen molar-refractivity contribution < 1.29 is 9.21 Å². The van der Waals surface area contributed by atoms with Crippen molar-refractivity contribution in [3.63, 3.8) is 0 Å². The Kier molecular flexibility index (Phi) is 4.58. The Bertz CT molecular complexity index is 378. The van der Waals surface area contributed by atoms with Gasteiger partial charge in [-0.05, 0) is 18.1 Å². The van der Waals surface area contributed by atoms with Gasteiger partial charge in [-0.25, -0.2) is 4.79 Å². The molecule has 1 aliphatic rings. The molecule has 0 spiro atoms. The van der Waals surface area contributed by atoms with E-state index in [1.807, 2.05) is 28.8 Å². The van der Waals surface area contributed by atoms with Crippen LogP contribution in [-0.4, -0.2) is 35.0 Å². The van der Waals surface area contributed by atoms with Crippen LogP contribution in [0.3, 0.4) is 0 Å². The molecule has 0 unspecified atom stereocenters. The van der Waals surface area contributed by atoms with E-state index in [0.29, 0.717) is 17.7 Å². The fourth-order valence-corrected chi connectivity index (χ4v) is 3.25. The summed E-state index contributed by atoms with van der Waals surface area (Å²) in [7, 11) is 0. The predicted molar refractivity (Wildman–Crippen MR) is 73.6 cm³/mol. The Morgan fingerprint density at radius 3 is 3.17 bits per heavy atom. The van der Waals surface area contributed by atoms with E-state index >= 15 is 0 Å². The molecule has 2 rings (SSSR count). The smallest absolute Gasteiger partial charge is 0.317 e. The van der Waals surface area contributed by atoms with Gasteiger partial charge in [0.05, 0.1) is 12.8 Å². The molecule has 1 N–H and O–H groups in total. The van der Waals surface area contributed by atoms with Crippen molar-refractivity contribution in [1.29, 1.82) is 0 Å². The highest BCUT2D eigenvalue weighted by Crippen LogP contribution is 2.24. The van der Waals surface area contributed by atoms with Crippen LogP contribution in [0.2, 0.25) is 0 Å². The lowest BCUT2D eigenvalue weighted by Crippen LogP contribution is -2.47. The number of carbonyl (C=O) groups is 1. The summed E-state index contributed by atoms with van der Waals surface area (Å²) in [5.74, 6) is 2.42. The maximum Gasteiger partial charge on any atom is 0.317 e. The van der Waals surface area contributed by atoms with Gasteiger partial charge in [0, 0.05) is 24.1 Å². The molecule has 0 saturated carbocycles. The maximum absolute atomic E-state index is 12.0. The molecule has 1 aromatic rings. The van der Waals surface area contributed by atoms with Gasteiger partial charge in [-0.15, -0.1) is 0 Å². The second-order valence-corrected chi connectivity index (χ2v) is 6.18. The molecule has 0 aliphatic carbocycles. The monoisotopic (exact) mass is 268 g/mol. The van der Waals surface area contributed by atoms with Crippen molar-refractivity contribution in [2.75, 3.05) is 18.8 Å². The summed E-state index contributed by atoms with van der Waals surface area (Å²) in [6.07, 6.45) is 1.62. The average molecular weight is 268 g/mol. The number of urea groups is 1. The fourth-order valence-electron chi connectivity index (χ4n) is 1.95. The van der Waals surface area contributed by atoms with Crippen LogP contribution < -0.4 is 5.32 Å². The van der Waals surface area contributed by atoms with Crippen molar-refractivity contribution in [2.24, 2.45) is 5.92 Å². The van der Waals surface area contributed by atoms with E-state index in [1.54, 1.807) is 6.26 Å². The largest absolute Gasteiger partial charge is 0.467 e. The highest BCUT2D eigenvalue weighted by Gasteiger charge is 2.25. The minimum atomic E-state index is 0.0114. The lowest BCUT2D eigenvalue weighted by Gasteiger charge is -2.34. The minimum absolute atomic E-state index is 0.0114. The average Bonchev–Trinajstić information content (AvgIpc) is 2.89. The molecule has 100 valence electrons. The summed E-state index contributed by atoms with van der Waals surface area (Å²) in [6, 6.07) is 3.70. The van der Waals surface area contributed by atoms with Crippen LogP contribution in [0.25, 0.3) is 0 Å². The third kappa shape index (κ3) is 3.45.